The molecule has 0 radical (unpaired) electrons. The predicted molar refractivity (Wildman–Crippen MR) is 134 cm³/mol. The third kappa shape index (κ3) is 4.76. The molecule has 6 nitrogen and oxygen atoms in total. The van der Waals surface area contributed by atoms with Gasteiger partial charge in [0.1, 0.15) is 0 Å². The lowest BCUT2D eigenvalue weighted by Crippen LogP contribution is -2.51. The Kier molecular flexibility index (Phi) is 6.47. The van der Waals surface area contributed by atoms with E-state index in [2.05, 4.69) is 32.5 Å². The number of imidazole rings is 1. The molecule has 0 aliphatic carbocycles. The summed E-state index contributed by atoms with van der Waals surface area (Å²) >= 11 is 0. The molecule has 2 N–H and O–H groups in total. The third-order valence-electron chi connectivity index (χ3n) is 6.47. The molecule has 4 aromatic rings. The number of hydrazine groups is 1. The van der Waals surface area contributed by atoms with Gasteiger partial charge in [-0.05, 0) is 42.2 Å². The average molecular weight is 473 g/mol. The number of anilines is 1. The number of nitrogens with one attached hydrogen (secondary N) is 2. The number of H-pyrrole nitrogens is 1. The molecule has 5 rings (SSSR count). The summed E-state index contributed by atoms with van der Waals surface area (Å²) in [4.78, 5) is 7.70. The van der Waals surface area contributed by atoms with Crippen LogP contribution in [0.2, 0.25) is 0 Å². The first-order valence-corrected chi connectivity index (χ1v) is 13.1. The molecule has 2 atom stereocenters. The summed E-state index contributed by atoms with van der Waals surface area (Å²) in [6, 6.07) is 26.8. The maximum Gasteiger partial charge on any atom is 0.183 e. The highest BCUT2D eigenvalue weighted by Crippen LogP contribution is 2.32. The van der Waals surface area contributed by atoms with Crippen molar-refractivity contribution in [1.29, 1.82) is 0 Å². The molecule has 174 valence electrons. The van der Waals surface area contributed by atoms with E-state index in [9.17, 15) is 8.42 Å². The molecule has 34 heavy (non-hydrogen) atoms. The van der Waals surface area contributed by atoms with E-state index in [1.165, 1.54) is 5.56 Å². The second kappa shape index (κ2) is 9.83. The zero-order valence-corrected chi connectivity index (χ0v) is 19.7. The Bertz CT molecular complexity index is 1310. The first-order chi connectivity index (χ1) is 16.6. The van der Waals surface area contributed by atoms with Gasteiger partial charge in [0.25, 0.3) is 0 Å². The standard InChI is InChI=1S/C27H28N4O2S/c32-34(33,24-12-5-2-6-13-24)27-17-22-11-7-8-14-25(22)30-31(16-15-21-9-3-1-4-10-21)26(27)18-23-19-28-20-29-23/h1-14,19-20,26-27,30H,15-18H2,(H,28,29). The van der Waals surface area contributed by atoms with Gasteiger partial charge in [-0.2, -0.15) is 0 Å². The summed E-state index contributed by atoms with van der Waals surface area (Å²) in [6.07, 6.45) is 5.18. The van der Waals surface area contributed by atoms with Gasteiger partial charge in [-0.3, -0.25) is 0 Å². The van der Waals surface area contributed by atoms with Gasteiger partial charge in [0.05, 0.1) is 28.2 Å². The highest BCUT2D eigenvalue weighted by molar-refractivity contribution is 7.92. The first kappa shape index (κ1) is 22.4. The minimum absolute atomic E-state index is 0.304. The van der Waals surface area contributed by atoms with Crippen molar-refractivity contribution in [2.75, 3.05) is 12.0 Å². The fourth-order valence-electron chi connectivity index (χ4n) is 4.68. The molecule has 0 fully saturated rings. The van der Waals surface area contributed by atoms with Crippen molar-refractivity contribution >= 4 is 15.5 Å². The number of aromatic amines is 1. The van der Waals surface area contributed by atoms with E-state index in [1.807, 2.05) is 48.5 Å². The van der Waals surface area contributed by atoms with Gasteiger partial charge < -0.3 is 10.4 Å². The maximum absolute atomic E-state index is 14.0. The molecule has 0 spiro atoms. The first-order valence-electron chi connectivity index (χ1n) is 11.5. The lowest BCUT2D eigenvalue weighted by molar-refractivity contribution is 0.233. The average Bonchev–Trinajstić information content (AvgIpc) is 3.33. The van der Waals surface area contributed by atoms with Crippen molar-refractivity contribution in [1.82, 2.24) is 15.0 Å². The Morgan fingerprint density at radius 1 is 0.912 bits per heavy atom. The lowest BCUT2D eigenvalue weighted by Gasteiger charge is -2.35. The van der Waals surface area contributed by atoms with Gasteiger partial charge in [0, 0.05) is 24.9 Å². The topological polar surface area (TPSA) is 78.1 Å². The largest absolute Gasteiger partial charge is 0.348 e. The van der Waals surface area contributed by atoms with Crippen LogP contribution in [-0.2, 0) is 29.1 Å². The van der Waals surface area contributed by atoms with Crippen molar-refractivity contribution in [2.45, 2.75) is 35.4 Å². The summed E-state index contributed by atoms with van der Waals surface area (Å²) < 4.78 is 28.1. The quantitative estimate of drug-likeness (QED) is 0.420. The number of hydrogen-bond donors (Lipinski definition) is 2. The van der Waals surface area contributed by atoms with Gasteiger partial charge >= 0.3 is 0 Å². The second-order valence-corrected chi connectivity index (χ2v) is 10.8. The van der Waals surface area contributed by atoms with E-state index in [1.54, 1.807) is 36.8 Å². The van der Waals surface area contributed by atoms with Crippen molar-refractivity contribution in [2.24, 2.45) is 0 Å². The number of benzene rings is 3. The molecular formula is C27H28N4O2S. The molecule has 3 aromatic carbocycles. The number of hydrogen-bond acceptors (Lipinski definition) is 5. The molecule has 1 aliphatic heterocycles. The molecule has 2 unspecified atom stereocenters. The van der Waals surface area contributed by atoms with Crippen molar-refractivity contribution in [3.8, 4) is 0 Å². The highest BCUT2D eigenvalue weighted by atomic mass is 32.2. The van der Waals surface area contributed by atoms with Gasteiger partial charge in [-0.25, -0.2) is 18.4 Å². The van der Waals surface area contributed by atoms with Crippen LogP contribution in [0.1, 0.15) is 16.8 Å². The Hall–Kier alpha value is -3.42. The van der Waals surface area contributed by atoms with Crippen LogP contribution in [0.25, 0.3) is 0 Å². The summed E-state index contributed by atoms with van der Waals surface area (Å²) in [5.41, 5.74) is 7.66. The molecule has 0 amide bonds. The minimum atomic E-state index is -3.61. The van der Waals surface area contributed by atoms with E-state index in [4.69, 9.17) is 0 Å². The number of sulfone groups is 1. The normalized spacial score (nSPS) is 18.6. The molecule has 1 aromatic heterocycles. The predicted octanol–water partition coefficient (Wildman–Crippen LogP) is 4.29. The van der Waals surface area contributed by atoms with E-state index in [-0.39, 0.29) is 6.04 Å². The highest BCUT2D eigenvalue weighted by Gasteiger charge is 2.40. The van der Waals surface area contributed by atoms with Crippen LogP contribution in [0, 0.1) is 0 Å². The van der Waals surface area contributed by atoms with Gasteiger partial charge in [0.15, 0.2) is 9.84 Å². The zero-order chi connectivity index (χ0) is 23.4. The van der Waals surface area contributed by atoms with Crippen LogP contribution < -0.4 is 5.43 Å². The SMILES string of the molecule is O=S(=O)(c1ccccc1)C1Cc2ccccc2NN(CCc2ccccc2)C1Cc1cnc[nH]1. The number of fused-ring (bicyclic) bond motifs is 1. The Balaban J connectivity index is 1.57. The summed E-state index contributed by atoms with van der Waals surface area (Å²) in [6.45, 7) is 0.665. The third-order valence-corrected chi connectivity index (χ3v) is 8.68. The molecule has 2 heterocycles. The van der Waals surface area contributed by atoms with Gasteiger partial charge in [-0.15, -0.1) is 0 Å². The van der Waals surface area contributed by atoms with Crippen LogP contribution >= 0.6 is 0 Å². The van der Waals surface area contributed by atoms with Crippen LogP contribution in [0.4, 0.5) is 5.69 Å². The fourth-order valence-corrected chi connectivity index (χ4v) is 6.62. The number of para-hydroxylation sites is 1. The molecule has 0 bridgehead atoms. The Morgan fingerprint density at radius 3 is 2.35 bits per heavy atom. The Labute approximate surface area is 200 Å². The lowest BCUT2D eigenvalue weighted by atomic mass is 10.0. The number of rotatable bonds is 7. The Morgan fingerprint density at radius 2 is 1.62 bits per heavy atom. The summed E-state index contributed by atoms with van der Waals surface area (Å²) in [7, 11) is -3.61. The van der Waals surface area contributed by atoms with E-state index < -0.39 is 15.1 Å². The van der Waals surface area contributed by atoms with Crippen molar-refractivity contribution in [3.63, 3.8) is 0 Å². The summed E-state index contributed by atoms with van der Waals surface area (Å²) in [5, 5.41) is 1.48. The van der Waals surface area contributed by atoms with Crippen LogP contribution in [0.15, 0.2) is 102 Å². The van der Waals surface area contributed by atoms with E-state index in [0.29, 0.717) is 24.3 Å². The van der Waals surface area contributed by atoms with Gasteiger partial charge in [-0.1, -0.05) is 66.7 Å². The minimum Gasteiger partial charge on any atom is -0.348 e. The van der Waals surface area contributed by atoms with Crippen molar-refractivity contribution < 1.29 is 8.42 Å². The maximum atomic E-state index is 14.0. The number of aromatic nitrogens is 2. The zero-order valence-electron chi connectivity index (χ0n) is 18.8. The summed E-state index contributed by atoms with van der Waals surface area (Å²) in [5.74, 6) is 0. The van der Waals surface area contributed by atoms with Crippen LogP contribution in [0.5, 0.6) is 0 Å². The molecule has 0 saturated heterocycles. The molecule has 0 saturated carbocycles. The molecular weight excluding hydrogens is 444 g/mol. The van der Waals surface area contributed by atoms with Crippen molar-refractivity contribution in [3.05, 3.63) is 114 Å². The molecule has 7 heteroatoms. The number of nitrogens with zero attached hydrogens (tertiary/aromatic N) is 2. The fraction of sp³-hybridized carbons (Fsp3) is 0.222. The van der Waals surface area contributed by atoms with Crippen LogP contribution in [0.3, 0.4) is 0 Å². The second-order valence-electron chi connectivity index (χ2n) is 8.65. The van der Waals surface area contributed by atoms with Gasteiger partial charge in [0.2, 0.25) is 0 Å². The smallest absolute Gasteiger partial charge is 0.183 e. The monoisotopic (exact) mass is 472 g/mol. The molecule has 1 aliphatic rings. The van der Waals surface area contributed by atoms with E-state index >= 15 is 0 Å². The van der Waals surface area contributed by atoms with Crippen LogP contribution in [-0.4, -0.2) is 41.2 Å². The van der Waals surface area contributed by atoms with E-state index in [0.717, 1.165) is 23.4 Å².